The van der Waals surface area contributed by atoms with E-state index in [-0.39, 0.29) is 18.3 Å². The number of anilines is 1. The van der Waals surface area contributed by atoms with Crippen molar-refractivity contribution in [3.8, 4) is 11.1 Å². The molecule has 0 bridgehead atoms. The summed E-state index contributed by atoms with van der Waals surface area (Å²) in [5.41, 5.74) is 1.24. The van der Waals surface area contributed by atoms with Crippen LogP contribution in [0.5, 0.6) is 0 Å². The zero-order chi connectivity index (χ0) is 17.4. The van der Waals surface area contributed by atoms with E-state index in [9.17, 15) is 9.59 Å². The monoisotopic (exact) mass is 336 g/mol. The maximum Gasteiger partial charge on any atom is 0.307 e. The summed E-state index contributed by atoms with van der Waals surface area (Å²) in [4.78, 5) is 28.2. The van der Waals surface area contributed by atoms with Crippen LogP contribution in [0.3, 0.4) is 0 Å². The third-order valence-electron chi connectivity index (χ3n) is 4.40. The minimum absolute atomic E-state index is 0.241. The predicted octanol–water partition coefficient (Wildman–Crippen LogP) is 2.66. The van der Waals surface area contributed by atoms with Crippen molar-refractivity contribution in [1.29, 1.82) is 0 Å². The lowest BCUT2D eigenvalue weighted by molar-refractivity contribution is -0.154. The Balaban J connectivity index is 1.74. The Morgan fingerprint density at radius 2 is 2.08 bits per heavy atom. The van der Waals surface area contributed by atoms with Gasteiger partial charge in [-0.15, -0.1) is 0 Å². The number of hydrogen-bond donors (Lipinski definition) is 2. The van der Waals surface area contributed by atoms with Gasteiger partial charge < -0.3 is 10.1 Å². The van der Waals surface area contributed by atoms with Crippen LogP contribution in [-0.2, 0) is 14.3 Å². The van der Waals surface area contributed by atoms with Crippen LogP contribution < -0.4 is 5.32 Å². The molecule has 1 aliphatic heterocycles. The van der Waals surface area contributed by atoms with Crippen molar-refractivity contribution in [3.63, 3.8) is 0 Å². The van der Waals surface area contributed by atoms with Crippen molar-refractivity contribution in [1.82, 2.24) is 15.2 Å². The fourth-order valence-electron chi connectivity index (χ4n) is 2.99. The average molecular weight is 336 g/mol. The molecular weight excluding hydrogens is 320 g/mol. The smallest absolute Gasteiger partial charge is 0.307 e. The molecule has 2 N–H and O–H groups in total. The molecule has 1 aliphatic rings. The maximum atomic E-state index is 12.6. The summed E-state index contributed by atoms with van der Waals surface area (Å²) in [7, 11) is 0. The number of benzene rings is 1. The van der Waals surface area contributed by atoms with Gasteiger partial charge in [-0.05, 0) is 24.1 Å². The molecule has 0 saturated carbocycles. The first-order chi connectivity index (χ1) is 12.1. The summed E-state index contributed by atoms with van der Waals surface area (Å²) in [6.45, 7) is 1.61. The number of nitrogens with one attached hydrogen (secondary N) is 2. The highest BCUT2D eigenvalue weighted by atomic mass is 16.6. The third-order valence-corrected chi connectivity index (χ3v) is 4.40. The highest BCUT2D eigenvalue weighted by molar-refractivity contribution is 6.08. The topological polar surface area (TPSA) is 97.0 Å². The number of ether oxygens (including phenoxy) is 1. The van der Waals surface area contributed by atoms with Gasteiger partial charge in [0, 0.05) is 19.0 Å². The van der Waals surface area contributed by atoms with E-state index in [0.29, 0.717) is 17.9 Å². The Labute approximate surface area is 143 Å². The van der Waals surface area contributed by atoms with Gasteiger partial charge in [-0.3, -0.25) is 14.7 Å². The summed E-state index contributed by atoms with van der Waals surface area (Å²) in [6.07, 6.45) is 2.27. The largest absolute Gasteiger partial charge is 0.449 e. The molecule has 2 aromatic heterocycles. The minimum Gasteiger partial charge on any atom is -0.449 e. The van der Waals surface area contributed by atoms with Crippen LogP contribution in [0.1, 0.15) is 19.8 Å². The molecule has 25 heavy (non-hydrogen) atoms. The second-order valence-corrected chi connectivity index (χ2v) is 6.18. The Bertz CT molecular complexity index is 967. The molecule has 1 fully saturated rings. The number of cyclic esters (lactones) is 1. The van der Waals surface area contributed by atoms with E-state index < -0.39 is 5.60 Å². The molecule has 1 unspecified atom stereocenters. The number of amides is 1. The normalized spacial score (nSPS) is 19.8. The molecule has 3 heterocycles. The number of esters is 1. The van der Waals surface area contributed by atoms with Gasteiger partial charge in [0.1, 0.15) is 5.82 Å². The molecule has 0 aliphatic carbocycles. The number of carbonyl (C=O) groups excluding carboxylic acids is 2. The Hall–Kier alpha value is -3.22. The van der Waals surface area contributed by atoms with Crippen LogP contribution in [0.25, 0.3) is 22.2 Å². The fourth-order valence-corrected chi connectivity index (χ4v) is 2.99. The quantitative estimate of drug-likeness (QED) is 0.717. The van der Waals surface area contributed by atoms with Crippen LogP contribution in [0, 0.1) is 0 Å². The molecule has 7 heteroatoms. The summed E-state index contributed by atoms with van der Waals surface area (Å²) in [6, 6.07) is 11.7. The number of pyridine rings is 1. The lowest BCUT2D eigenvalue weighted by Crippen LogP contribution is -2.39. The number of aromatic nitrogens is 3. The van der Waals surface area contributed by atoms with Crippen molar-refractivity contribution in [2.75, 3.05) is 5.32 Å². The lowest BCUT2D eigenvalue weighted by Gasteiger charge is -2.21. The maximum absolute atomic E-state index is 12.6. The van der Waals surface area contributed by atoms with E-state index in [1.54, 1.807) is 13.1 Å². The molecule has 1 saturated heterocycles. The first kappa shape index (κ1) is 15.3. The van der Waals surface area contributed by atoms with Gasteiger partial charge in [-0.1, -0.05) is 30.3 Å². The molecule has 126 valence electrons. The van der Waals surface area contributed by atoms with E-state index in [1.807, 2.05) is 36.4 Å². The summed E-state index contributed by atoms with van der Waals surface area (Å²) in [5.74, 6) is -0.304. The van der Waals surface area contributed by atoms with Crippen molar-refractivity contribution in [2.24, 2.45) is 0 Å². The van der Waals surface area contributed by atoms with Crippen LogP contribution in [-0.4, -0.2) is 32.7 Å². The zero-order valence-corrected chi connectivity index (χ0v) is 13.6. The van der Waals surface area contributed by atoms with E-state index in [1.165, 1.54) is 0 Å². The van der Waals surface area contributed by atoms with Crippen LogP contribution in [0.15, 0.2) is 42.6 Å². The summed E-state index contributed by atoms with van der Waals surface area (Å²) < 4.78 is 5.19. The van der Waals surface area contributed by atoms with Gasteiger partial charge >= 0.3 is 5.97 Å². The number of H-pyrrole nitrogens is 1. The molecule has 1 amide bonds. The van der Waals surface area contributed by atoms with Crippen LogP contribution in [0.2, 0.25) is 0 Å². The molecule has 4 rings (SSSR count). The number of fused-ring (bicyclic) bond motifs is 1. The summed E-state index contributed by atoms with van der Waals surface area (Å²) in [5, 5.41) is 10.5. The van der Waals surface area contributed by atoms with Gasteiger partial charge in [-0.25, -0.2) is 4.98 Å². The second kappa shape index (κ2) is 5.70. The van der Waals surface area contributed by atoms with Crippen molar-refractivity contribution >= 4 is 28.7 Å². The van der Waals surface area contributed by atoms with Crippen LogP contribution >= 0.6 is 0 Å². The van der Waals surface area contributed by atoms with E-state index in [4.69, 9.17) is 4.74 Å². The van der Waals surface area contributed by atoms with Gasteiger partial charge in [0.15, 0.2) is 11.2 Å². The zero-order valence-electron chi connectivity index (χ0n) is 13.6. The molecule has 1 aromatic carbocycles. The molecule has 3 aromatic rings. The van der Waals surface area contributed by atoms with E-state index in [0.717, 1.165) is 16.5 Å². The Morgan fingerprint density at radius 1 is 1.28 bits per heavy atom. The van der Waals surface area contributed by atoms with E-state index in [2.05, 4.69) is 20.5 Å². The average Bonchev–Trinajstić information content (AvgIpc) is 3.20. The molecule has 0 spiro atoms. The number of hydrogen-bond acceptors (Lipinski definition) is 5. The van der Waals surface area contributed by atoms with Crippen molar-refractivity contribution < 1.29 is 14.3 Å². The number of aromatic amines is 1. The van der Waals surface area contributed by atoms with Crippen LogP contribution in [0.4, 0.5) is 5.82 Å². The van der Waals surface area contributed by atoms with Gasteiger partial charge in [-0.2, -0.15) is 5.10 Å². The number of nitrogens with zero attached hydrogens (tertiary/aromatic N) is 2. The van der Waals surface area contributed by atoms with Gasteiger partial charge in [0.25, 0.3) is 5.91 Å². The first-order valence-electron chi connectivity index (χ1n) is 7.99. The number of carbonyl (C=O) groups is 2. The lowest BCUT2D eigenvalue weighted by atomic mass is 10.0. The molecule has 1 atom stereocenters. The molecule has 0 radical (unpaired) electrons. The SMILES string of the molecule is CC1(C(=O)Nc2[nH]nc3nccc(-c4ccccc4)c23)CCC(=O)O1. The second-order valence-electron chi connectivity index (χ2n) is 6.18. The van der Waals surface area contributed by atoms with Gasteiger partial charge in [0.2, 0.25) is 0 Å². The highest BCUT2D eigenvalue weighted by Gasteiger charge is 2.43. The summed E-state index contributed by atoms with van der Waals surface area (Å²) >= 11 is 0. The minimum atomic E-state index is -1.16. The molecular formula is C18H16N4O3. The third kappa shape index (κ3) is 2.63. The number of rotatable bonds is 3. The predicted molar refractivity (Wildman–Crippen MR) is 91.7 cm³/mol. The Kier molecular flexibility index (Phi) is 3.49. The standard InChI is InChI=1S/C18H16N4O3/c1-18(9-7-13(23)25-18)17(24)20-16-14-12(11-5-3-2-4-6-11)8-10-19-15(14)21-22-16/h2-6,8,10H,7,9H2,1H3,(H2,19,20,21,22,24). The first-order valence-corrected chi connectivity index (χ1v) is 7.99. The van der Waals surface area contributed by atoms with Crippen molar-refractivity contribution in [2.45, 2.75) is 25.4 Å². The van der Waals surface area contributed by atoms with E-state index >= 15 is 0 Å². The van der Waals surface area contributed by atoms with Gasteiger partial charge in [0.05, 0.1) is 5.39 Å². The molecule has 7 nitrogen and oxygen atoms in total. The highest BCUT2D eigenvalue weighted by Crippen LogP contribution is 2.33. The Morgan fingerprint density at radius 3 is 2.80 bits per heavy atom. The van der Waals surface area contributed by atoms with Crippen molar-refractivity contribution in [3.05, 3.63) is 42.6 Å². The fraction of sp³-hybridized carbons (Fsp3) is 0.222.